The molecule has 1 aliphatic heterocycles. The first-order valence-corrected chi connectivity index (χ1v) is 10.5. The van der Waals surface area contributed by atoms with Gasteiger partial charge in [0.2, 0.25) is 0 Å². The summed E-state index contributed by atoms with van der Waals surface area (Å²) in [5, 5.41) is 10.3. The van der Waals surface area contributed by atoms with E-state index >= 15 is 0 Å². The first-order valence-electron chi connectivity index (χ1n) is 10.5. The van der Waals surface area contributed by atoms with Gasteiger partial charge < -0.3 is 19.3 Å². The number of aliphatic hydroxyl groups is 1. The highest BCUT2D eigenvalue weighted by Gasteiger charge is 2.35. The smallest absolute Gasteiger partial charge is 0.330 e. The Morgan fingerprint density at radius 1 is 1.06 bits per heavy atom. The number of hydrogen-bond acceptors (Lipinski definition) is 6. The maximum absolute atomic E-state index is 12.1. The second-order valence-corrected chi connectivity index (χ2v) is 7.84. The van der Waals surface area contributed by atoms with E-state index in [1.54, 1.807) is 6.92 Å². The highest BCUT2D eigenvalue weighted by atomic mass is 16.6. The molecular weight excluding hydrogens is 412 g/mol. The molecular formula is C24H26N2O6. The molecule has 8 nitrogen and oxygen atoms in total. The molecule has 168 valence electrons. The number of rotatable bonds is 8. The molecule has 2 heterocycles. The molecule has 4 rings (SSSR count). The van der Waals surface area contributed by atoms with Crippen LogP contribution in [0.5, 0.6) is 5.75 Å². The molecule has 0 spiro atoms. The molecule has 0 radical (unpaired) electrons. The number of nitrogens with one attached hydrogen (secondary N) is 1. The topological polar surface area (TPSA) is 103 Å². The van der Waals surface area contributed by atoms with Crippen LogP contribution in [0.4, 0.5) is 0 Å². The van der Waals surface area contributed by atoms with E-state index in [-0.39, 0.29) is 13.0 Å². The Morgan fingerprint density at radius 3 is 2.53 bits per heavy atom. The Bertz CT molecular complexity index is 1140. The Labute approximate surface area is 185 Å². The van der Waals surface area contributed by atoms with E-state index in [4.69, 9.17) is 14.2 Å². The lowest BCUT2D eigenvalue weighted by Crippen LogP contribution is -2.33. The van der Waals surface area contributed by atoms with Crippen molar-refractivity contribution >= 4 is 0 Å². The number of H-pyrrole nitrogens is 1. The van der Waals surface area contributed by atoms with Crippen molar-refractivity contribution in [3.63, 3.8) is 0 Å². The standard InChI is InChI=1S/C24H26N2O6/c1-16-12-26(24(29)25-23(16)28)22-11-20(27)21(32-22)15-30-13-18-7-9-19(10-8-18)31-14-17-5-3-2-4-6-17/h2-10,12,20-22,27H,11,13-15H2,1H3,(H,25,28,29)/t20-,21+,22+/m0/s1. The average molecular weight is 438 g/mol. The lowest BCUT2D eigenvalue weighted by atomic mass is 10.2. The van der Waals surface area contributed by atoms with E-state index in [0.29, 0.717) is 18.8 Å². The molecule has 1 aliphatic rings. The van der Waals surface area contributed by atoms with Gasteiger partial charge in [0, 0.05) is 18.2 Å². The van der Waals surface area contributed by atoms with Gasteiger partial charge in [-0.1, -0.05) is 42.5 Å². The molecule has 0 amide bonds. The fraction of sp³-hybridized carbons (Fsp3) is 0.333. The van der Waals surface area contributed by atoms with Crippen LogP contribution in [-0.4, -0.2) is 33.5 Å². The number of aromatic amines is 1. The summed E-state index contributed by atoms with van der Waals surface area (Å²) in [6.45, 7) is 2.65. The van der Waals surface area contributed by atoms with Crippen LogP contribution in [0.25, 0.3) is 0 Å². The molecule has 0 bridgehead atoms. The minimum absolute atomic E-state index is 0.182. The number of ether oxygens (including phenoxy) is 3. The highest BCUT2D eigenvalue weighted by molar-refractivity contribution is 5.27. The zero-order valence-corrected chi connectivity index (χ0v) is 17.8. The van der Waals surface area contributed by atoms with Gasteiger partial charge >= 0.3 is 5.69 Å². The van der Waals surface area contributed by atoms with Crippen molar-refractivity contribution in [1.29, 1.82) is 0 Å². The van der Waals surface area contributed by atoms with Crippen LogP contribution in [0.15, 0.2) is 70.4 Å². The fourth-order valence-corrected chi connectivity index (χ4v) is 3.55. The minimum atomic E-state index is -0.770. The zero-order valence-electron chi connectivity index (χ0n) is 17.8. The second-order valence-electron chi connectivity index (χ2n) is 7.84. The van der Waals surface area contributed by atoms with Crippen molar-refractivity contribution in [3.8, 4) is 5.75 Å². The summed E-state index contributed by atoms with van der Waals surface area (Å²) in [6, 6.07) is 17.6. The van der Waals surface area contributed by atoms with E-state index in [0.717, 1.165) is 16.9 Å². The summed E-state index contributed by atoms with van der Waals surface area (Å²) in [6.07, 6.45) is -0.293. The Balaban J connectivity index is 1.26. The third-order valence-electron chi connectivity index (χ3n) is 5.38. The third kappa shape index (κ3) is 5.34. The summed E-state index contributed by atoms with van der Waals surface area (Å²) in [5.41, 5.74) is 1.48. The molecule has 1 saturated heterocycles. The molecule has 0 unspecified atom stereocenters. The van der Waals surface area contributed by atoms with E-state index in [2.05, 4.69) is 4.98 Å². The molecule has 2 N–H and O–H groups in total. The van der Waals surface area contributed by atoms with Crippen LogP contribution >= 0.6 is 0 Å². The summed E-state index contributed by atoms with van der Waals surface area (Å²) in [7, 11) is 0. The number of nitrogens with zero attached hydrogens (tertiary/aromatic N) is 1. The van der Waals surface area contributed by atoms with Crippen molar-refractivity contribution in [2.45, 2.75) is 45.0 Å². The number of aryl methyl sites for hydroxylation is 1. The van der Waals surface area contributed by atoms with Gasteiger partial charge in [-0.25, -0.2) is 4.79 Å². The Morgan fingerprint density at radius 2 is 1.78 bits per heavy atom. The highest BCUT2D eigenvalue weighted by Crippen LogP contribution is 2.28. The Kier molecular flexibility index (Phi) is 6.84. The maximum Gasteiger partial charge on any atom is 0.330 e. The van der Waals surface area contributed by atoms with Crippen LogP contribution < -0.4 is 16.0 Å². The van der Waals surface area contributed by atoms with E-state index < -0.39 is 29.7 Å². The molecule has 32 heavy (non-hydrogen) atoms. The predicted octanol–water partition coefficient (Wildman–Crippen LogP) is 2.29. The van der Waals surface area contributed by atoms with Crippen molar-refractivity contribution in [2.24, 2.45) is 0 Å². The number of benzene rings is 2. The Hall–Kier alpha value is -3.20. The van der Waals surface area contributed by atoms with Crippen molar-refractivity contribution in [2.75, 3.05) is 6.61 Å². The zero-order chi connectivity index (χ0) is 22.5. The molecule has 1 aromatic heterocycles. The van der Waals surface area contributed by atoms with Gasteiger partial charge in [0.15, 0.2) is 0 Å². The van der Waals surface area contributed by atoms with E-state index in [1.165, 1.54) is 10.8 Å². The van der Waals surface area contributed by atoms with Crippen molar-refractivity contribution < 1.29 is 19.3 Å². The van der Waals surface area contributed by atoms with Crippen molar-refractivity contribution in [3.05, 3.63) is 98.3 Å². The predicted molar refractivity (Wildman–Crippen MR) is 117 cm³/mol. The number of hydrogen-bond donors (Lipinski definition) is 2. The van der Waals surface area contributed by atoms with Gasteiger partial charge in [0.1, 0.15) is 24.7 Å². The van der Waals surface area contributed by atoms with Gasteiger partial charge in [-0.3, -0.25) is 14.3 Å². The molecule has 0 saturated carbocycles. The molecule has 1 fully saturated rings. The van der Waals surface area contributed by atoms with E-state index in [1.807, 2.05) is 54.6 Å². The lowest BCUT2D eigenvalue weighted by molar-refractivity contribution is -0.0667. The normalized spacial score (nSPS) is 20.4. The summed E-state index contributed by atoms with van der Waals surface area (Å²) >= 11 is 0. The van der Waals surface area contributed by atoms with Crippen LogP contribution in [0, 0.1) is 6.92 Å². The van der Waals surface area contributed by atoms with Gasteiger partial charge in [-0.15, -0.1) is 0 Å². The van der Waals surface area contributed by atoms with Crippen LogP contribution in [-0.2, 0) is 22.7 Å². The molecule has 2 aromatic carbocycles. The SMILES string of the molecule is Cc1cn([C@H]2C[C@H](O)[C@@H](COCc3ccc(OCc4ccccc4)cc3)O2)c(=O)[nH]c1=O. The quantitative estimate of drug-likeness (QED) is 0.560. The second kappa shape index (κ2) is 9.95. The molecule has 3 atom stereocenters. The molecule has 3 aromatic rings. The van der Waals surface area contributed by atoms with Crippen LogP contribution in [0.2, 0.25) is 0 Å². The largest absolute Gasteiger partial charge is 0.489 e. The number of aliphatic hydroxyl groups excluding tert-OH is 1. The lowest BCUT2D eigenvalue weighted by Gasteiger charge is -2.16. The minimum Gasteiger partial charge on any atom is -0.489 e. The fourth-order valence-electron chi connectivity index (χ4n) is 3.55. The summed E-state index contributed by atoms with van der Waals surface area (Å²) in [4.78, 5) is 25.8. The van der Waals surface area contributed by atoms with E-state index in [9.17, 15) is 14.7 Å². The first kappa shape index (κ1) is 22.0. The van der Waals surface area contributed by atoms with Crippen LogP contribution in [0.3, 0.4) is 0 Å². The monoisotopic (exact) mass is 438 g/mol. The number of aromatic nitrogens is 2. The van der Waals surface area contributed by atoms with Gasteiger partial charge in [-0.2, -0.15) is 0 Å². The van der Waals surface area contributed by atoms with Gasteiger partial charge in [-0.05, 0) is 30.2 Å². The average Bonchev–Trinajstić information content (AvgIpc) is 3.16. The summed E-state index contributed by atoms with van der Waals surface area (Å²) < 4.78 is 18.6. The third-order valence-corrected chi connectivity index (χ3v) is 5.38. The summed E-state index contributed by atoms with van der Waals surface area (Å²) in [5.74, 6) is 0.775. The molecule has 0 aliphatic carbocycles. The van der Waals surface area contributed by atoms with Gasteiger partial charge in [0.05, 0.1) is 19.3 Å². The maximum atomic E-state index is 12.1. The van der Waals surface area contributed by atoms with Gasteiger partial charge in [0.25, 0.3) is 5.56 Å². The van der Waals surface area contributed by atoms with Crippen molar-refractivity contribution in [1.82, 2.24) is 9.55 Å². The first-order chi connectivity index (χ1) is 15.5. The van der Waals surface area contributed by atoms with Crippen LogP contribution in [0.1, 0.15) is 29.3 Å². The molecule has 8 heteroatoms.